The molecule has 4 N–H and O–H groups in total. The summed E-state index contributed by atoms with van der Waals surface area (Å²) in [4.78, 5) is 52.8. The first kappa shape index (κ1) is 55.8. The van der Waals surface area contributed by atoms with Crippen LogP contribution in [-0.2, 0) is 46.5 Å². The number of hydrogen-bond acceptors (Lipinski definition) is 11. The zero-order valence-corrected chi connectivity index (χ0v) is 38.0. The Morgan fingerprint density at radius 1 is 0.600 bits per heavy atom. The van der Waals surface area contributed by atoms with Gasteiger partial charge in [-0.3, -0.25) is 23.2 Å². The van der Waals surface area contributed by atoms with Crippen LogP contribution in [0.4, 0.5) is 0 Å². The lowest BCUT2D eigenvalue weighted by Crippen LogP contribution is -2.30. The number of phosphoric ester groups is 2. The fraction of sp³-hybridized carbons (Fsp3) is 0.727. The topological polar surface area (TPSA) is 208 Å². The number of rotatable bonds is 40. The fourth-order valence-electron chi connectivity index (χ4n) is 5.84. The molecule has 0 aromatic carbocycles. The average Bonchev–Trinajstić information content (AvgIpc) is 3.96. The van der Waals surface area contributed by atoms with Gasteiger partial charge in [0.2, 0.25) is 0 Å². The summed E-state index contributed by atoms with van der Waals surface area (Å²) in [7, 11) is -9.71. The van der Waals surface area contributed by atoms with Crippen molar-refractivity contribution in [1.29, 1.82) is 0 Å². The molecule has 0 amide bonds. The molecule has 0 radical (unpaired) electrons. The molecule has 3 unspecified atom stereocenters. The van der Waals surface area contributed by atoms with Gasteiger partial charge in [-0.15, -0.1) is 0 Å². The number of carbonyl (C=O) groups excluding carboxylic acids is 2. The predicted molar refractivity (Wildman–Crippen MR) is 234 cm³/mol. The van der Waals surface area contributed by atoms with E-state index in [1.807, 2.05) is 0 Å². The first-order chi connectivity index (χ1) is 28.8. The Kier molecular flexibility index (Phi) is 33.7. The van der Waals surface area contributed by atoms with E-state index in [4.69, 9.17) is 28.5 Å². The van der Waals surface area contributed by atoms with Crippen molar-refractivity contribution < 1.29 is 66.3 Å². The summed E-state index contributed by atoms with van der Waals surface area (Å²) in [6.07, 6.45) is 39.4. The molecule has 5 atom stereocenters. The number of epoxide rings is 1. The van der Waals surface area contributed by atoms with E-state index >= 15 is 0 Å². The predicted octanol–water partition coefficient (Wildman–Crippen LogP) is 10.2. The molecule has 0 aliphatic carbocycles. The van der Waals surface area contributed by atoms with Crippen LogP contribution in [0.15, 0.2) is 60.8 Å². The summed E-state index contributed by atoms with van der Waals surface area (Å²) in [6.45, 7) is 1.60. The number of unbranched alkanes of at least 4 members (excludes halogenated alkanes) is 12. The minimum absolute atomic E-state index is 0.0764. The molecular weight excluding hydrogens is 814 g/mol. The van der Waals surface area contributed by atoms with Gasteiger partial charge in [0.25, 0.3) is 0 Å². The van der Waals surface area contributed by atoms with Gasteiger partial charge in [0, 0.05) is 12.8 Å². The Morgan fingerprint density at radius 3 is 1.82 bits per heavy atom. The maximum atomic E-state index is 12.7. The monoisotopic (exact) mass is 890 g/mol. The van der Waals surface area contributed by atoms with Crippen molar-refractivity contribution in [3.05, 3.63) is 60.8 Å². The third kappa shape index (κ3) is 36.4. The van der Waals surface area contributed by atoms with Crippen molar-refractivity contribution >= 4 is 27.6 Å². The molecule has 16 heteroatoms. The first-order valence-electron chi connectivity index (χ1n) is 22.1. The minimum Gasteiger partial charge on any atom is -0.462 e. The molecule has 1 aliphatic rings. The van der Waals surface area contributed by atoms with E-state index in [1.54, 1.807) is 0 Å². The lowest BCUT2D eigenvalue weighted by Gasteiger charge is -2.20. The molecule has 0 aromatic heterocycles. The summed E-state index contributed by atoms with van der Waals surface area (Å²) >= 11 is 0. The van der Waals surface area contributed by atoms with E-state index in [1.165, 1.54) is 44.9 Å². The second-order valence-corrected chi connectivity index (χ2v) is 17.7. The van der Waals surface area contributed by atoms with Crippen molar-refractivity contribution in [2.45, 2.75) is 180 Å². The van der Waals surface area contributed by atoms with Crippen LogP contribution in [0.5, 0.6) is 0 Å². The minimum atomic E-state index is -4.87. The number of carbonyl (C=O) groups is 2. The number of allylic oxidation sites excluding steroid dienone is 9. The van der Waals surface area contributed by atoms with Crippen LogP contribution >= 0.6 is 15.6 Å². The molecule has 0 bridgehead atoms. The molecule has 1 aliphatic heterocycles. The van der Waals surface area contributed by atoms with Crippen molar-refractivity contribution in [3.63, 3.8) is 0 Å². The third-order valence-electron chi connectivity index (χ3n) is 9.32. The van der Waals surface area contributed by atoms with Crippen LogP contribution in [0.1, 0.15) is 155 Å². The van der Waals surface area contributed by atoms with E-state index in [-0.39, 0.29) is 25.0 Å². The number of esters is 2. The van der Waals surface area contributed by atoms with E-state index in [0.717, 1.165) is 64.2 Å². The Hall–Kier alpha value is -2.22. The van der Waals surface area contributed by atoms with E-state index in [0.29, 0.717) is 19.3 Å². The fourth-order valence-corrected chi connectivity index (χ4v) is 6.99. The number of phosphoric acid groups is 2. The standard InChI is InChI=1S/C44H76O14P2/c1-3-5-7-9-11-13-15-17-18-19-21-23-25-27-29-33-44(47)57-40(38-56-60(51,52)55-36-39(45)35-54-59(48,49)50)37-53-43(46)34-30-32-42-41(58-42)31-28-26-24-22-20-16-14-12-10-8-6-4-2/h12-15,17-18,20,22,26,28,39-42,45H,3-11,16,19,21,23-25,27,29-38H2,1-2H3,(H,51,52)(H2,48,49,50)/b14-12-,15-13-,18-17-,22-20-,28-26-/t39-,40+,41?,42?/m0/s1. The van der Waals surface area contributed by atoms with Gasteiger partial charge >= 0.3 is 27.6 Å². The van der Waals surface area contributed by atoms with Gasteiger partial charge in [-0.25, -0.2) is 9.13 Å². The van der Waals surface area contributed by atoms with E-state index in [9.17, 15) is 28.7 Å². The second kappa shape index (κ2) is 36.3. The van der Waals surface area contributed by atoms with E-state index < -0.39 is 66.2 Å². The summed E-state index contributed by atoms with van der Waals surface area (Å²) in [5.41, 5.74) is 0. The van der Waals surface area contributed by atoms with Crippen LogP contribution in [-0.4, -0.2) is 82.6 Å². The van der Waals surface area contributed by atoms with Gasteiger partial charge < -0.3 is 34.0 Å². The smallest absolute Gasteiger partial charge is 0.462 e. The molecule has 60 heavy (non-hydrogen) atoms. The van der Waals surface area contributed by atoms with Crippen LogP contribution in [0, 0.1) is 0 Å². The summed E-state index contributed by atoms with van der Waals surface area (Å²) in [6, 6.07) is 0. The first-order valence-corrected chi connectivity index (χ1v) is 25.1. The lowest BCUT2D eigenvalue weighted by molar-refractivity contribution is -0.161. The Balaban J connectivity index is 2.43. The molecule has 346 valence electrons. The van der Waals surface area contributed by atoms with Gasteiger partial charge in [0.05, 0.1) is 32.0 Å². The molecule has 1 fully saturated rings. The molecule has 1 saturated heterocycles. The van der Waals surface area contributed by atoms with Crippen LogP contribution in [0.3, 0.4) is 0 Å². The van der Waals surface area contributed by atoms with Crippen LogP contribution in [0.2, 0.25) is 0 Å². The molecule has 0 spiro atoms. The van der Waals surface area contributed by atoms with Gasteiger partial charge in [-0.05, 0) is 77.0 Å². The molecular formula is C44H76O14P2. The highest BCUT2D eigenvalue weighted by molar-refractivity contribution is 7.47. The molecule has 0 aromatic rings. The zero-order valence-electron chi connectivity index (χ0n) is 36.2. The highest BCUT2D eigenvalue weighted by Crippen LogP contribution is 2.44. The molecule has 14 nitrogen and oxygen atoms in total. The average molecular weight is 891 g/mol. The number of hydrogen-bond donors (Lipinski definition) is 4. The van der Waals surface area contributed by atoms with Gasteiger partial charge in [0.1, 0.15) is 12.7 Å². The lowest BCUT2D eigenvalue weighted by atomic mass is 10.1. The highest BCUT2D eigenvalue weighted by Gasteiger charge is 2.36. The van der Waals surface area contributed by atoms with Gasteiger partial charge in [0.15, 0.2) is 6.10 Å². The Labute approximate surface area is 359 Å². The summed E-state index contributed by atoms with van der Waals surface area (Å²) in [5, 5.41) is 9.75. The summed E-state index contributed by atoms with van der Waals surface area (Å²) in [5.74, 6) is -1.13. The number of ether oxygens (including phenoxy) is 3. The third-order valence-corrected chi connectivity index (χ3v) is 10.8. The Bertz CT molecular complexity index is 1360. The SMILES string of the molecule is CCCCC/C=C\C/C=C\C/C=C\CC1OC1CCCC(=O)OC[C@H](COP(=O)(O)OC[C@@H](O)COP(=O)(O)O)OC(=O)CCCCCCC/C=C\C=C/CCCCCC. The normalized spacial score (nSPS) is 18.0. The largest absolute Gasteiger partial charge is 0.472 e. The second-order valence-electron chi connectivity index (χ2n) is 15.0. The number of aliphatic hydroxyl groups is 1. The van der Waals surface area contributed by atoms with Crippen molar-refractivity contribution in [2.24, 2.45) is 0 Å². The highest BCUT2D eigenvalue weighted by atomic mass is 31.2. The van der Waals surface area contributed by atoms with Gasteiger partial charge in [-0.1, -0.05) is 126 Å². The summed E-state index contributed by atoms with van der Waals surface area (Å²) < 4.78 is 53.5. The molecule has 1 rings (SSSR count). The maximum Gasteiger partial charge on any atom is 0.472 e. The van der Waals surface area contributed by atoms with Crippen molar-refractivity contribution in [3.8, 4) is 0 Å². The molecule has 1 heterocycles. The quantitative estimate of drug-likeness (QED) is 0.0113. The van der Waals surface area contributed by atoms with Crippen molar-refractivity contribution in [2.75, 3.05) is 26.4 Å². The molecule has 0 saturated carbocycles. The maximum absolute atomic E-state index is 12.7. The van der Waals surface area contributed by atoms with Crippen LogP contribution in [0.25, 0.3) is 0 Å². The van der Waals surface area contributed by atoms with Crippen LogP contribution < -0.4 is 0 Å². The number of aliphatic hydroxyl groups excluding tert-OH is 1. The zero-order chi connectivity index (χ0) is 44.2. The van der Waals surface area contributed by atoms with Gasteiger partial charge in [-0.2, -0.15) is 0 Å². The Morgan fingerprint density at radius 2 is 1.13 bits per heavy atom. The van der Waals surface area contributed by atoms with E-state index in [2.05, 4.69) is 83.7 Å². The van der Waals surface area contributed by atoms with Crippen molar-refractivity contribution in [1.82, 2.24) is 0 Å².